The Morgan fingerprint density at radius 1 is 1.11 bits per heavy atom. The average molecular weight is 505 g/mol. The van der Waals surface area contributed by atoms with Crippen molar-refractivity contribution in [1.29, 1.82) is 0 Å². The minimum Gasteiger partial charge on any atom is -0.353 e. The lowest BCUT2D eigenvalue weighted by atomic mass is 9.86. The van der Waals surface area contributed by atoms with E-state index in [2.05, 4.69) is 51.8 Å². The van der Waals surface area contributed by atoms with Gasteiger partial charge >= 0.3 is 0 Å². The largest absolute Gasteiger partial charge is 0.353 e. The Morgan fingerprint density at radius 2 is 1.86 bits per heavy atom. The molecule has 10 nitrogen and oxygen atoms in total. The highest BCUT2D eigenvalue weighted by molar-refractivity contribution is 5.94. The first kappa shape index (κ1) is 25.0. The van der Waals surface area contributed by atoms with Gasteiger partial charge in [0.2, 0.25) is 0 Å². The van der Waals surface area contributed by atoms with Crippen LogP contribution in [0.5, 0.6) is 0 Å². The predicted molar refractivity (Wildman–Crippen MR) is 145 cm³/mol. The molecule has 5 rings (SSSR count). The van der Waals surface area contributed by atoms with Gasteiger partial charge in [0.15, 0.2) is 11.6 Å². The lowest BCUT2D eigenvalue weighted by Gasteiger charge is -2.34. The zero-order valence-corrected chi connectivity index (χ0v) is 22.0. The van der Waals surface area contributed by atoms with E-state index in [0.29, 0.717) is 35.5 Å². The van der Waals surface area contributed by atoms with Gasteiger partial charge in [-0.2, -0.15) is 10.2 Å². The van der Waals surface area contributed by atoms with Crippen molar-refractivity contribution in [3.63, 3.8) is 0 Å². The molecule has 1 atom stereocenters. The first-order valence-corrected chi connectivity index (χ1v) is 12.9. The minimum absolute atomic E-state index is 0.00855. The zero-order chi connectivity index (χ0) is 26.2. The van der Waals surface area contributed by atoms with Gasteiger partial charge < -0.3 is 20.9 Å². The number of hydrogen-bond acceptors (Lipinski definition) is 7. The number of aryl methyl sites for hydroxylation is 1. The maximum absolute atomic E-state index is 12.9. The van der Waals surface area contributed by atoms with Crippen LogP contribution in [0.25, 0.3) is 0 Å². The predicted octanol–water partition coefficient (Wildman–Crippen LogP) is 2.56. The van der Waals surface area contributed by atoms with Crippen molar-refractivity contribution >= 4 is 23.2 Å². The molecule has 2 fully saturated rings. The van der Waals surface area contributed by atoms with E-state index in [1.165, 1.54) is 10.2 Å². The number of hydrogen-bond donors (Lipinski definition) is 3. The molecule has 0 radical (unpaired) electrons. The molecular weight excluding hydrogens is 468 g/mol. The number of carbonyl (C=O) groups excluding carboxylic acids is 1. The van der Waals surface area contributed by atoms with Crippen LogP contribution >= 0.6 is 0 Å². The van der Waals surface area contributed by atoms with Crippen molar-refractivity contribution in [2.24, 2.45) is 7.05 Å². The van der Waals surface area contributed by atoms with E-state index in [1.807, 2.05) is 41.2 Å². The van der Waals surface area contributed by atoms with Crippen LogP contribution in [-0.4, -0.2) is 57.7 Å². The fourth-order valence-corrected chi connectivity index (χ4v) is 4.74. The third kappa shape index (κ3) is 5.53. The van der Waals surface area contributed by atoms with Gasteiger partial charge in [0.05, 0.1) is 6.04 Å². The number of piperidine rings is 1. The van der Waals surface area contributed by atoms with Gasteiger partial charge in [0.25, 0.3) is 11.5 Å². The molecule has 1 aromatic carbocycles. The SMILES string of the molecule is Cn1nc(N2CCCC(NC(=O)c3ccc(C(C)(C)C)cc3)C2)cc(Nc2ccn(C3CNC3)n2)c1=O. The van der Waals surface area contributed by atoms with Crippen molar-refractivity contribution in [3.05, 3.63) is 64.1 Å². The number of benzene rings is 1. The number of rotatable bonds is 6. The van der Waals surface area contributed by atoms with Crippen molar-refractivity contribution in [2.45, 2.75) is 51.1 Å². The van der Waals surface area contributed by atoms with Crippen LogP contribution < -0.4 is 26.4 Å². The molecule has 0 saturated carbocycles. The molecule has 196 valence electrons. The van der Waals surface area contributed by atoms with Gasteiger partial charge in [-0.1, -0.05) is 32.9 Å². The summed E-state index contributed by atoms with van der Waals surface area (Å²) in [7, 11) is 1.65. The van der Waals surface area contributed by atoms with E-state index in [-0.39, 0.29) is 22.9 Å². The van der Waals surface area contributed by atoms with Gasteiger partial charge in [-0.25, -0.2) is 4.68 Å². The Morgan fingerprint density at radius 3 is 2.54 bits per heavy atom. The minimum atomic E-state index is -0.218. The Bertz CT molecular complexity index is 1320. The summed E-state index contributed by atoms with van der Waals surface area (Å²) in [6.07, 6.45) is 3.74. The number of aromatic nitrogens is 4. The fraction of sp³-hybridized carbons (Fsp3) is 0.481. The van der Waals surface area contributed by atoms with E-state index in [0.717, 1.165) is 32.5 Å². The van der Waals surface area contributed by atoms with E-state index in [9.17, 15) is 9.59 Å². The summed E-state index contributed by atoms with van der Waals surface area (Å²) in [4.78, 5) is 27.8. The molecule has 3 N–H and O–H groups in total. The van der Waals surface area contributed by atoms with Gasteiger partial charge in [-0.3, -0.25) is 14.3 Å². The van der Waals surface area contributed by atoms with Crippen molar-refractivity contribution in [3.8, 4) is 0 Å². The van der Waals surface area contributed by atoms with Gasteiger partial charge in [0, 0.05) is 63.2 Å². The lowest BCUT2D eigenvalue weighted by molar-refractivity contribution is 0.0933. The second-order valence-corrected chi connectivity index (χ2v) is 11.0. The summed E-state index contributed by atoms with van der Waals surface area (Å²) in [5.74, 6) is 1.25. The summed E-state index contributed by atoms with van der Waals surface area (Å²) in [6, 6.07) is 11.8. The molecule has 4 heterocycles. The normalized spacial score (nSPS) is 18.4. The third-order valence-corrected chi connectivity index (χ3v) is 7.15. The van der Waals surface area contributed by atoms with Gasteiger partial charge in [-0.15, -0.1) is 0 Å². The molecule has 37 heavy (non-hydrogen) atoms. The van der Waals surface area contributed by atoms with Crippen molar-refractivity contribution < 1.29 is 4.79 Å². The van der Waals surface area contributed by atoms with Crippen molar-refractivity contribution in [1.82, 2.24) is 30.2 Å². The highest BCUT2D eigenvalue weighted by atomic mass is 16.2. The molecule has 2 saturated heterocycles. The summed E-state index contributed by atoms with van der Waals surface area (Å²) >= 11 is 0. The first-order chi connectivity index (χ1) is 17.7. The molecule has 0 bridgehead atoms. The summed E-state index contributed by atoms with van der Waals surface area (Å²) in [5.41, 5.74) is 2.11. The van der Waals surface area contributed by atoms with Crippen LogP contribution in [0.4, 0.5) is 17.3 Å². The monoisotopic (exact) mass is 504 g/mol. The Labute approximate surface area is 217 Å². The topological polar surface area (TPSA) is 109 Å². The average Bonchev–Trinajstić information content (AvgIpc) is 3.28. The maximum atomic E-state index is 12.9. The summed E-state index contributed by atoms with van der Waals surface area (Å²) in [5, 5.41) is 18.7. The van der Waals surface area contributed by atoms with E-state index >= 15 is 0 Å². The Balaban J connectivity index is 1.26. The lowest BCUT2D eigenvalue weighted by Crippen LogP contribution is -2.48. The van der Waals surface area contributed by atoms with Crippen LogP contribution in [0, 0.1) is 0 Å². The quantitative estimate of drug-likeness (QED) is 0.473. The van der Waals surface area contributed by atoms with Crippen LogP contribution in [-0.2, 0) is 12.5 Å². The Kier molecular flexibility index (Phi) is 6.76. The molecular formula is C27H36N8O2. The molecule has 0 spiro atoms. The summed E-state index contributed by atoms with van der Waals surface area (Å²) < 4.78 is 3.27. The molecule has 2 aromatic heterocycles. The summed E-state index contributed by atoms with van der Waals surface area (Å²) in [6.45, 7) is 9.71. The van der Waals surface area contributed by atoms with E-state index < -0.39 is 0 Å². The maximum Gasteiger partial charge on any atom is 0.290 e. The number of nitrogens with zero attached hydrogens (tertiary/aromatic N) is 5. The van der Waals surface area contributed by atoms with Gasteiger partial charge in [-0.05, 0) is 36.0 Å². The fourth-order valence-electron chi connectivity index (χ4n) is 4.74. The number of amides is 1. The standard InChI is InChI=1S/C27H36N8O2/c1-27(2,3)19-9-7-18(8-10-19)25(36)29-20-6-5-12-34(17-20)24-14-22(26(37)33(4)32-24)30-23-11-13-35(31-23)21-15-28-16-21/h7-11,13-14,20-21,28H,5-6,12,15-17H2,1-4H3,(H,29,36)(H,30,31). The van der Waals surface area contributed by atoms with Crippen LogP contribution in [0.15, 0.2) is 47.4 Å². The van der Waals surface area contributed by atoms with Gasteiger partial charge in [0.1, 0.15) is 5.69 Å². The molecule has 3 aromatic rings. The first-order valence-electron chi connectivity index (χ1n) is 12.9. The van der Waals surface area contributed by atoms with Crippen LogP contribution in [0.1, 0.15) is 55.6 Å². The van der Waals surface area contributed by atoms with Crippen molar-refractivity contribution in [2.75, 3.05) is 36.4 Å². The molecule has 1 unspecified atom stereocenters. The second kappa shape index (κ2) is 10.0. The number of anilines is 3. The molecule has 1 amide bonds. The number of carbonyl (C=O) groups is 1. The molecule has 2 aliphatic heterocycles. The second-order valence-electron chi connectivity index (χ2n) is 11.0. The highest BCUT2D eigenvalue weighted by Gasteiger charge is 2.25. The van der Waals surface area contributed by atoms with Crippen LogP contribution in [0.2, 0.25) is 0 Å². The third-order valence-electron chi connectivity index (χ3n) is 7.15. The molecule has 0 aliphatic carbocycles. The van der Waals surface area contributed by atoms with E-state index in [1.54, 1.807) is 13.1 Å². The molecule has 10 heteroatoms. The van der Waals surface area contributed by atoms with E-state index in [4.69, 9.17) is 0 Å². The smallest absolute Gasteiger partial charge is 0.290 e. The molecule has 2 aliphatic rings. The highest BCUT2D eigenvalue weighted by Crippen LogP contribution is 2.24. The Hall–Kier alpha value is -3.66. The zero-order valence-electron chi connectivity index (χ0n) is 22.0. The number of nitrogens with one attached hydrogen (secondary N) is 3. The van der Waals surface area contributed by atoms with Crippen LogP contribution in [0.3, 0.4) is 0 Å².